The Morgan fingerprint density at radius 2 is 2.05 bits per heavy atom. The van der Waals surface area contributed by atoms with Gasteiger partial charge in [-0.05, 0) is 0 Å². The van der Waals surface area contributed by atoms with Gasteiger partial charge in [-0.3, -0.25) is 9.78 Å². The number of hydrogen-bond acceptors (Lipinski definition) is 4. The molecule has 2 aromatic rings. The van der Waals surface area contributed by atoms with Gasteiger partial charge in [-0.2, -0.15) is 8.42 Å². The van der Waals surface area contributed by atoms with Crippen molar-refractivity contribution in [2.45, 2.75) is 6.42 Å². The van der Waals surface area contributed by atoms with Crippen LogP contribution in [0.1, 0.15) is 6.42 Å². The van der Waals surface area contributed by atoms with Crippen molar-refractivity contribution in [3.05, 3.63) is 36.7 Å². The van der Waals surface area contributed by atoms with Crippen LogP contribution >= 0.6 is 0 Å². The van der Waals surface area contributed by atoms with Gasteiger partial charge in [0.2, 0.25) is 5.91 Å². The van der Waals surface area contributed by atoms with Crippen molar-refractivity contribution in [2.75, 3.05) is 17.2 Å². The van der Waals surface area contributed by atoms with Crippen LogP contribution in [0.4, 0.5) is 9.57 Å². The van der Waals surface area contributed by atoms with Gasteiger partial charge in [0.15, 0.2) is 0 Å². The van der Waals surface area contributed by atoms with Crippen molar-refractivity contribution in [1.82, 2.24) is 4.98 Å². The lowest BCUT2D eigenvalue weighted by Crippen LogP contribution is -2.25. The molecule has 1 aliphatic rings. The molecular formula is C14H13FN2O3S. The summed E-state index contributed by atoms with van der Waals surface area (Å²) in [6.45, 7) is 0.192. The number of carbonyl (C=O) groups excluding carboxylic acids is 1. The molecule has 21 heavy (non-hydrogen) atoms. The van der Waals surface area contributed by atoms with Crippen molar-refractivity contribution in [2.24, 2.45) is 5.92 Å². The maximum absolute atomic E-state index is 12.8. The van der Waals surface area contributed by atoms with Gasteiger partial charge in [-0.15, -0.1) is 3.89 Å². The van der Waals surface area contributed by atoms with Crippen LogP contribution in [0.15, 0.2) is 36.7 Å². The molecule has 1 saturated heterocycles. The number of pyridine rings is 1. The van der Waals surface area contributed by atoms with E-state index in [-0.39, 0.29) is 18.9 Å². The SMILES string of the molecule is O=C1CC(CS(=O)(=O)F)CN1c1cncc2ccccc12. The summed E-state index contributed by atoms with van der Waals surface area (Å²) in [5.74, 6) is -1.35. The van der Waals surface area contributed by atoms with Crippen LogP contribution in [-0.2, 0) is 15.0 Å². The van der Waals surface area contributed by atoms with Crippen molar-refractivity contribution in [3.8, 4) is 0 Å². The van der Waals surface area contributed by atoms with Crippen molar-refractivity contribution >= 4 is 32.6 Å². The molecule has 1 unspecified atom stereocenters. The molecule has 2 heterocycles. The predicted molar refractivity (Wildman–Crippen MR) is 77.1 cm³/mol. The first kappa shape index (κ1) is 13.9. The first-order valence-electron chi connectivity index (χ1n) is 6.49. The Morgan fingerprint density at radius 1 is 1.29 bits per heavy atom. The average molecular weight is 308 g/mol. The van der Waals surface area contributed by atoms with E-state index in [0.717, 1.165) is 10.8 Å². The Kier molecular flexibility index (Phi) is 3.36. The van der Waals surface area contributed by atoms with Gasteiger partial charge in [-0.25, -0.2) is 0 Å². The van der Waals surface area contributed by atoms with Crippen LogP contribution < -0.4 is 4.90 Å². The average Bonchev–Trinajstić information content (AvgIpc) is 2.76. The third kappa shape index (κ3) is 2.87. The number of benzene rings is 1. The zero-order valence-corrected chi connectivity index (χ0v) is 11.9. The van der Waals surface area contributed by atoms with E-state index in [2.05, 4.69) is 4.98 Å². The van der Waals surface area contributed by atoms with E-state index in [9.17, 15) is 17.1 Å². The summed E-state index contributed by atoms with van der Waals surface area (Å²) in [5, 5.41) is 1.76. The molecule has 1 aromatic carbocycles. The highest BCUT2D eigenvalue weighted by Crippen LogP contribution is 2.31. The number of nitrogens with zero attached hydrogens (tertiary/aromatic N) is 2. The lowest BCUT2D eigenvalue weighted by molar-refractivity contribution is -0.117. The number of halogens is 1. The van der Waals surface area contributed by atoms with Crippen LogP contribution in [0.5, 0.6) is 0 Å². The van der Waals surface area contributed by atoms with Crippen molar-refractivity contribution in [1.29, 1.82) is 0 Å². The summed E-state index contributed by atoms with van der Waals surface area (Å²) < 4.78 is 34.3. The van der Waals surface area contributed by atoms with Gasteiger partial charge < -0.3 is 4.90 Å². The molecule has 3 rings (SSSR count). The highest BCUT2D eigenvalue weighted by Gasteiger charge is 2.34. The first-order chi connectivity index (χ1) is 9.94. The third-order valence-corrected chi connectivity index (χ3v) is 4.45. The molecule has 0 aliphatic carbocycles. The lowest BCUT2D eigenvalue weighted by atomic mass is 10.1. The van der Waals surface area contributed by atoms with Gasteiger partial charge in [0, 0.05) is 35.9 Å². The van der Waals surface area contributed by atoms with Crippen molar-refractivity contribution < 1.29 is 17.1 Å². The molecule has 7 heteroatoms. The maximum atomic E-state index is 12.8. The summed E-state index contributed by atoms with van der Waals surface area (Å²) >= 11 is 0. The van der Waals surface area contributed by atoms with Crippen molar-refractivity contribution in [3.63, 3.8) is 0 Å². The highest BCUT2D eigenvalue weighted by atomic mass is 32.3. The first-order valence-corrected chi connectivity index (χ1v) is 8.05. The monoisotopic (exact) mass is 308 g/mol. The Balaban J connectivity index is 1.95. The van der Waals surface area contributed by atoms with Gasteiger partial charge in [0.05, 0.1) is 17.6 Å². The summed E-state index contributed by atoms with van der Waals surface area (Å²) in [5.41, 5.74) is 0.636. The number of rotatable bonds is 3. The summed E-state index contributed by atoms with van der Waals surface area (Å²) in [6.07, 6.45) is 3.31. The highest BCUT2D eigenvalue weighted by molar-refractivity contribution is 7.86. The fraction of sp³-hybridized carbons (Fsp3) is 0.286. The van der Waals surface area contributed by atoms with Gasteiger partial charge in [0.1, 0.15) is 0 Å². The molecule has 0 bridgehead atoms. The molecular weight excluding hydrogens is 295 g/mol. The van der Waals surface area contributed by atoms with Crippen LogP contribution in [0.2, 0.25) is 0 Å². The molecule has 110 valence electrons. The molecule has 5 nitrogen and oxygen atoms in total. The molecule has 1 fully saturated rings. The molecule has 1 amide bonds. The summed E-state index contributed by atoms with van der Waals surface area (Å²) in [7, 11) is -4.57. The zero-order valence-electron chi connectivity index (χ0n) is 11.1. The number of hydrogen-bond donors (Lipinski definition) is 0. The lowest BCUT2D eigenvalue weighted by Gasteiger charge is -2.18. The Morgan fingerprint density at radius 3 is 2.81 bits per heavy atom. The molecule has 1 aromatic heterocycles. The quantitative estimate of drug-likeness (QED) is 0.812. The van der Waals surface area contributed by atoms with Gasteiger partial charge >= 0.3 is 10.2 Å². The van der Waals surface area contributed by atoms with Crippen LogP contribution in [0.3, 0.4) is 0 Å². The van der Waals surface area contributed by atoms with Crippen LogP contribution in [0.25, 0.3) is 10.8 Å². The van der Waals surface area contributed by atoms with E-state index in [1.54, 1.807) is 12.4 Å². The minimum atomic E-state index is -4.57. The molecule has 0 radical (unpaired) electrons. The second kappa shape index (κ2) is 5.07. The minimum Gasteiger partial charge on any atom is -0.310 e. The topological polar surface area (TPSA) is 67.3 Å². The predicted octanol–water partition coefficient (Wildman–Crippen LogP) is 1.89. The summed E-state index contributed by atoms with van der Waals surface area (Å²) in [4.78, 5) is 17.7. The van der Waals surface area contributed by atoms with Gasteiger partial charge in [0.25, 0.3) is 0 Å². The third-order valence-electron chi connectivity index (χ3n) is 3.58. The number of anilines is 1. The van der Waals surface area contributed by atoms with E-state index >= 15 is 0 Å². The van der Waals surface area contributed by atoms with E-state index in [1.165, 1.54) is 4.90 Å². The Hall–Kier alpha value is -2.02. The number of fused-ring (bicyclic) bond motifs is 1. The Bertz CT molecular complexity index is 801. The zero-order chi connectivity index (χ0) is 15.0. The fourth-order valence-corrected chi connectivity index (χ4v) is 3.51. The second-order valence-electron chi connectivity index (χ2n) is 5.16. The fourth-order valence-electron chi connectivity index (χ4n) is 2.72. The standard InChI is InChI=1S/C14H13FN2O3S/c15-21(19,20)9-10-5-14(18)17(8-10)13-7-16-6-11-3-1-2-4-12(11)13/h1-4,6-7,10H,5,8-9H2. The second-order valence-corrected chi connectivity index (χ2v) is 6.57. The minimum absolute atomic E-state index is 0.0341. The molecule has 0 saturated carbocycles. The van der Waals surface area contributed by atoms with Gasteiger partial charge in [-0.1, -0.05) is 24.3 Å². The number of carbonyl (C=O) groups is 1. The van der Waals surface area contributed by atoms with Crippen LogP contribution in [0, 0.1) is 5.92 Å². The maximum Gasteiger partial charge on any atom is 0.302 e. The van der Waals surface area contributed by atoms with E-state index in [0.29, 0.717) is 5.69 Å². The molecule has 0 spiro atoms. The number of aromatic nitrogens is 1. The van der Waals surface area contributed by atoms with Crippen LogP contribution in [-0.4, -0.2) is 31.6 Å². The van der Waals surface area contributed by atoms with E-state index in [4.69, 9.17) is 0 Å². The normalized spacial score (nSPS) is 19.4. The number of amides is 1. The van der Waals surface area contributed by atoms with E-state index < -0.39 is 21.9 Å². The largest absolute Gasteiger partial charge is 0.310 e. The Labute approximate surface area is 121 Å². The van der Waals surface area contributed by atoms with E-state index in [1.807, 2.05) is 24.3 Å². The molecule has 1 aliphatic heterocycles. The molecule has 1 atom stereocenters. The smallest absolute Gasteiger partial charge is 0.302 e. The summed E-state index contributed by atoms with van der Waals surface area (Å²) in [6, 6.07) is 7.49. The molecule has 0 N–H and O–H groups in total.